The van der Waals surface area contributed by atoms with Crippen molar-refractivity contribution in [2.24, 2.45) is 5.92 Å². The fraction of sp³-hybridized carbons (Fsp3) is 0.364. The zero-order valence-electron chi connectivity index (χ0n) is 7.59. The van der Waals surface area contributed by atoms with Crippen molar-refractivity contribution in [3.05, 3.63) is 35.4 Å². The Hall–Kier alpha value is -1.37. The van der Waals surface area contributed by atoms with Crippen molar-refractivity contribution in [3.63, 3.8) is 0 Å². The normalized spacial score (nSPS) is 24.7. The van der Waals surface area contributed by atoms with E-state index < -0.39 is 6.29 Å². The molecule has 2 N–H and O–H groups in total. The van der Waals surface area contributed by atoms with Crippen molar-refractivity contribution < 1.29 is 10.2 Å². The van der Waals surface area contributed by atoms with Crippen molar-refractivity contribution in [2.45, 2.75) is 18.6 Å². The summed E-state index contributed by atoms with van der Waals surface area (Å²) in [7, 11) is 0. The lowest BCUT2D eigenvalue weighted by Crippen LogP contribution is -2.07. The molecule has 14 heavy (non-hydrogen) atoms. The molecule has 0 bridgehead atoms. The van der Waals surface area contributed by atoms with Crippen LogP contribution in [-0.2, 0) is 0 Å². The molecule has 1 saturated carbocycles. The molecule has 72 valence electrons. The highest BCUT2D eigenvalue weighted by Gasteiger charge is 2.42. The number of benzene rings is 1. The van der Waals surface area contributed by atoms with Gasteiger partial charge in [-0.2, -0.15) is 5.26 Å². The fourth-order valence-corrected chi connectivity index (χ4v) is 1.73. The molecule has 1 aliphatic rings. The molecule has 2 atom stereocenters. The summed E-state index contributed by atoms with van der Waals surface area (Å²) in [5.41, 5.74) is 1.72. The van der Waals surface area contributed by atoms with Gasteiger partial charge in [-0.1, -0.05) is 12.1 Å². The van der Waals surface area contributed by atoms with E-state index in [0.717, 1.165) is 12.0 Å². The number of aliphatic hydroxyl groups excluding tert-OH is 1. The summed E-state index contributed by atoms with van der Waals surface area (Å²) in [5.74, 6) is 0.227. The predicted octanol–water partition coefficient (Wildman–Crippen LogP) is 0.972. The van der Waals surface area contributed by atoms with Crippen LogP contribution in [-0.4, -0.2) is 16.5 Å². The summed E-state index contributed by atoms with van der Waals surface area (Å²) < 4.78 is 0. The van der Waals surface area contributed by atoms with Gasteiger partial charge in [-0.05, 0) is 30.0 Å². The zero-order valence-corrected chi connectivity index (χ0v) is 7.59. The maximum atomic E-state index is 8.93. The minimum absolute atomic E-state index is 0.0251. The molecular weight excluding hydrogens is 178 g/mol. The van der Waals surface area contributed by atoms with Gasteiger partial charge >= 0.3 is 0 Å². The van der Waals surface area contributed by atoms with Crippen LogP contribution in [0, 0.1) is 17.2 Å². The minimum Gasteiger partial charge on any atom is -0.368 e. The lowest BCUT2D eigenvalue weighted by molar-refractivity contribution is -0.0577. The molecule has 0 aromatic heterocycles. The summed E-state index contributed by atoms with van der Waals surface area (Å²) in [6.45, 7) is 0. The van der Waals surface area contributed by atoms with Gasteiger partial charge in [0.25, 0.3) is 0 Å². The molecule has 0 aliphatic heterocycles. The van der Waals surface area contributed by atoms with Crippen LogP contribution >= 0.6 is 0 Å². The fourth-order valence-electron chi connectivity index (χ4n) is 1.73. The van der Waals surface area contributed by atoms with Crippen molar-refractivity contribution in [3.8, 4) is 6.07 Å². The van der Waals surface area contributed by atoms with Gasteiger partial charge in [0, 0.05) is 5.92 Å². The second-order valence-electron chi connectivity index (χ2n) is 3.65. The number of hydrogen-bond donors (Lipinski definition) is 2. The van der Waals surface area contributed by atoms with Gasteiger partial charge in [-0.15, -0.1) is 0 Å². The highest BCUT2D eigenvalue weighted by atomic mass is 16.5. The Morgan fingerprint density at radius 2 is 1.93 bits per heavy atom. The lowest BCUT2D eigenvalue weighted by Gasteiger charge is -2.02. The Bertz CT molecular complexity index is 364. The Labute approximate surface area is 82.2 Å². The summed E-state index contributed by atoms with van der Waals surface area (Å²) >= 11 is 0. The molecule has 0 heterocycles. The Morgan fingerprint density at radius 1 is 1.29 bits per heavy atom. The van der Waals surface area contributed by atoms with Gasteiger partial charge in [0.1, 0.15) is 0 Å². The largest absolute Gasteiger partial charge is 0.368 e. The molecule has 3 heteroatoms. The number of aliphatic hydroxyl groups is 2. The van der Waals surface area contributed by atoms with E-state index in [4.69, 9.17) is 15.5 Å². The molecule has 0 amide bonds. The summed E-state index contributed by atoms with van der Waals surface area (Å²) in [4.78, 5) is 0. The number of hydrogen-bond acceptors (Lipinski definition) is 3. The Morgan fingerprint density at radius 3 is 2.36 bits per heavy atom. The molecule has 1 fully saturated rings. The molecule has 1 aliphatic carbocycles. The third kappa shape index (κ3) is 1.63. The Kier molecular flexibility index (Phi) is 2.24. The summed E-state index contributed by atoms with van der Waals surface area (Å²) in [5, 5.41) is 26.4. The number of nitriles is 1. The lowest BCUT2D eigenvalue weighted by atomic mass is 10.1. The average Bonchev–Trinajstić information content (AvgIpc) is 2.97. The van der Waals surface area contributed by atoms with E-state index in [1.807, 2.05) is 18.2 Å². The van der Waals surface area contributed by atoms with Gasteiger partial charge in [0.05, 0.1) is 11.6 Å². The Balaban J connectivity index is 2.10. The number of rotatable bonds is 2. The summed E-state index contributed by atoms with van der Waals surface area (Å²) in [6, 6.07) is 9.33. The smallest absolute Gasteiger partial charge is 0.154 e. The van der Waals surface area contributed by atoms with Crippen LogP contribution in [0.2, 0.25) is 0 Å². The van der Waals surface area contributed by atoms with Crippen molar-refractivity contribution >= 4 is 0 Å². The molecule has 0 saturated heterocycles. The van der Waals surface area contributed by atoms with Gasteiger partial charge in [-0.25, -0.2) is 0 Å². The van der Waals surface area contributed by atoms with E-state index >= 15 is 0 Å². The topological polar surface area (TPSA) is 64.2 Å². The second kappa shape index (κ2) is 3.41. The van der Waals surface area contributed by atoms with E-state index in [0.29, 0.717) is 5.56 Å². The molecular formula is C11H11NO2. The van der Waals surface area contributed by atoms with E-state index in [9.17, 15) is 0 Å². The quantitative estimate of drug-likeness (QED) is 0.681. The van der Waals surface area contributed by atoms with Crippen LogP contribution < -0.4 is 0 Å². The monoisotopic (exact) mass is 189 g/mol. The first-order valence-corrected chi connectivity index (χ1v) is 4.58. The van der Waals surface area contributed by atoms with Gasteiger partial charge in [0.2, 0.25) is 0 Å². The van der Waals surface area contributed by atoms with Crippen LogP contribution in [0.3, 0.4) is 0 Å². The maximum absolute atomic E-state index is 8.93. The molecule has 0 unspecified atom stereocenters. The molecule has 0 radical (unpaired) electrons. The van der Waals surface area contributed by atoms with E-state index in [1.54, 1.807) is 12.1 Å². The van der Waals surface area contributed by atoms with Gasteiger partial charge < -0.3 is 10.2 Å². The highest BCUT2D eigenvalue weighted by Crippen LogP contribution is 2.48. The van der Waals surface area contributed by atoms with Crippen molar-refractivity contribution in [2.75, 3.05) is 0 Å². The highest BCUT2D eigenvalue weighted by molar-refractivity contribution is 5.35. The molecule has 1 aromatic rings. The first-order valence-electron chi connectivity index (χ1n) is 4.58. The van der Waals surface area contributed by atoms with Crippen LogP contribution in [0.1, 0.15) is 23.5 Å². The van der Waals surface area contributed by atoms with E-state index in [1.165, 1.54) is 0 Å². The molecule has 3 nitrogen and oxygen atoms in total. The van der Waals surface area contributed by atoms with E-state index in [-0.39, 0.29) is 11.8 Å². The van der Waals surface area contributed by atoms with Crippen LogP contribution in [0.25, 0.3) is 0 Å². The van der Waals surface area contributed by atoms with Gasteiger partial charge in [0.15, 0.2) is 6.29 Å². The van der Waals surface area contributed by atoms with Crippen molar-refractivity contribution in [1.29, 1.82) is 5.26 Å². The first kappa shape index (κ1) is 9.20. The summed E-state index contributed by atoms with van der Waals surface area (Å²) in [6.07, 6.45) is -0.389. The number of nitrogens with zero attached hydrogens (tertiary/aromatic N) is 1. The molecule has 0 spiro atoms. The third-order valence-electron chi connectivity index (χ3n) is 2.69. The minimum atomic E-state index is -1.21. The van der Waals surface area contributed by atoms with Crippen LogP contribution in [0.15, 0.2) is 24.3 Å². The SMILES string of the molecule is N#Cc1ccc([C@H]2C[C@@H]2C(O)O)cc1. The average molecular weight is 189 g/mol. The predicted molar refractivity (Wildman–Crippen MR) is 50.2 cm³/mol. The standard InChI is InChI=1S/C11H11NO2/c12-6-7-1-3-8(4-2-7)9-5-10(9)11(13)14/h1-4,9-11,13-14H,5H2/t9-,10+/m1/s1. The zero-order chi connectivity index (χ0) is 10.1. The third-order valence-corrected chi connectivity index (χ3v) is 2.69. The van der Waals surface area contributed by atoms with Gasteiger partial charge in [-0.3, -0.25) is 0 Å². The molecule has 1 aromatic carbocycles. The second-order valence-corrected chi connectivity index (χ2v) is 3.65. The first-order chi connectivity index (χ1) is 6.72. The maximum Gasteiger partial charge on any atom is 0.154 e. The van der Waals surface area contributed by atoms with Crippen molar-refractivity contribution in [1.82, 2.24) is 0 Å². The van der Waals surface area contributed by atoms with E-state index in [2.05, 4.69) is 0 Å². The van der Waals surface area contributed by atoms with Crippen LogP contribution in [0.5, 0.6) is 0 Å². The molecule has 2 rings (SSSR count). The van der Waals surface area contributed by atoms with Crippen LogP contribution in [0.4, 0.5) is 0 Å².